The van der Waals surface area contributed by atoms with Gasteiger partial charge in [-0.25, -0.2) is 0 Å². The summed E-state index contributed by atoms with van der Waals surface area (Å²) in [7, 11) is 1.56. The number of rotatable bonds is 2. The third-order valence-corrected chi connectivity index (χ3v) is 4.97. The van der Waals surface area contributed by atoms with Crippen molar-refractivity contribution in [1.29, 1.82) is 0 Å². The van der Waals surface area contributed by atoms with E-state index in [0.717, 1.165) is 44.2 Å². The molecule has 0 amide bonds. The van der Waals surface area contributed by atoms with E-state index < -0.39 is 5.60 Å². The molecule has 118 valence electrons. The summed E-state index contributed by atoms with van der Waals surface area (Å²) >= 11 is 0. The van der Waals surface area contributed by atoms with Gasteiger partial charge in [-0.05, 0) is 31.9 Å². The first-order valence-corrected chi connectivity index (χ1v) is 7.47. The number of ether oxygens (including phenoxy) is 1. The molecule has 1 saturated carbocycles. The second-order valence-electron chi connectivity index (χ2n) is 6.04. The molecule has 5 heteroatoms. The fraction of sp³-hybridized carbons (Fsp3) is 0.625. The van der Waals surface area contributed by atoms with Crippen LogP contribution in [-0.4, -0.2) is 29.5 Å². The van der Waals surface area contributed by atoms with Crippen LogP contribution < -0.4 is 10.1 Å². The molecule has 2 aliphatic rings. The zero-order chi connectivity index (χ0) is 14.2. The SMILES string of the molecule is COc1cccc(C2NCCC3(O)CCCCC23)c1O.Cl. The van der Waals surface area contributed by atoms with Crippen LogP contribution in [0.15, 0.2) is 18.2 Å². The molecule has 0 spiro atoms. The normalized spacial score (nSPS) is 31.9. The van der Waals surface area contributed by atoms with E-state index in [0.29, 0.717) is 5.75 Å². The van der Waals surface area contributed by atoms with E-state index in [1.54, 1.807) is 13.2 Å². The maximum atomic E-state index is 10.9. The molecule has 3 atom stereocenters. The number of halogens is 1. The number of benzene rings is 1. The number of aromatic hydroxyl groups is 1. The highest BCUT2D eigenvalue weighted by molar-refractivity contribution is 5.85. The Labute approximate surface area is 131 Å². The van der Waals surface area contributed by atoms with Gasteiger partial charge in [0.05, 0.1) is 12.7 Å². The number of phenolic OH excluding ortho intramolecular Hbond substituents is 1. The number of aliphatic hydroxyl groups is 1. The standard InChI is InChI=1S/C16H23NO3.ClH/c1-20-13-7-4-5-11(15(13)18)14-12-6-2-3-8-16(12,19)9-10-17-14;/h4-5,7,12,14,17-19H,2-3,6,8-10H2,1H3;1H. The van der Waals surface area contributed by atoms with Crippen LogP contribution in [0.3, 0.4) is 0 Å². The summed E-state index contributed by atoms with van der Waals surface area (Å²) in [5, 5.41) is 24.7. The van der Waals surface area contributed by atoms with Gasteiger partial charge in [0.1, 0.15) is 0 Å². The Hall–Kier alpha value is -0.970. The van der Waals surface area contributed by atoms with Gasteiger partial charge in [-0.1, -0.05) is 25.0 Å². The van der Waals surface area contributed by atoms with Crippen molar-refractivity contribution in [3.63, 3.8) is 0 Å². The average Bonchev–Trinajstić information content (AvgIpc) is 2.46. The zero-order valence-electron chi connectivity index (χ0n) is 12.3. The van der Waals surface area contributed by atoms with Crippen LogP contribution in [0.5, 0.6) is 11.5 Å². The summed E-state index contributed by atoms with van der Waals surface area (Å²) in [5.41, 5.74) is 0.262. The summed E-state index contributed by atoms with van der Waals surface area (Å²) in [4.78, 5) is 0. The average molecular weight is 314 g/mol. The Morgan fingerprint density at radius 1 is 1.29 bits per heavy atom. The first-order chi connectivity index (χ1) is 9.65. The van der Waals surface area contributed by atoms with Gasteiger partial charge in [0.15, 0.2) is 11.5 Å². The number of phenols is 1. The van der Waals surface area contributed by atoms with E-state index in [2.05, 4.69) is 5.32 Å². The molecule has 1 aliphatic heterocycles. The minimum atomic E-state index is -0.580. The Morgan fingerprint density at radius 2 is 2.10 bits per heavy atom. The fourth-order valence-corrected chi connectivity index (χ4v) is 3.90. The number of hydrogen-bond donors (Lipinski definition) is 3. The van der Waals surface area contributed by atoms with Crippen molar-refractivity contribution in [1.82, 2.24) is 5.32 Å². The predicted molar refractivity (Wildman–Crippen MR) is 84.2 cm³/mol. The van der Waals surface area contributed by atoms with E-state index in [4.69, 9.17) is 4.74 Å². The zero-order valence-corrected chi connectivity index (χ0v) is 13.2. The molecule has 21 heavy (non-hydrogen) atoms. The van der Waals surface area contributed by atoms with Gasteiger partial charge in [0.2, 0.25) is 0 Å². The van der Waals surface area contributed by atoms with E-state index in [1.807, 2.05) is 12.1 Å². The summed E-state index contributed by atoms with van der Waals surface area (Å²) < 4.78 is 5.20. The number of hydrogen-bond acceptors (Lipinski definition) is 4. The summed E-state index contributed by atoms with van der Waals surface area (Å²) in [6.07, 6.45) is 4.93. The minimum Gasteiger partial charge on any atom is -0.504 e. The van der Waals surface area contributed by atoms with Crippen LogP contribution in [0.2, 0.25) is 0 Å². The van der Waals surface area contributed by atoms with E-state index in [9.17, 15) is 10.2 Å². The summed E-state index contributed by atoms with van der Waals surface area (Å²) in [5.74, 6) is 0.861. The molecular weight excluding hydrogens is 290 g/mol. The van der Waals surface area contributed by atoms with Crippen molar-refractivity contribution in [2.75, 3.05) is 13.7 Å². The summed E-state index contributed by atoms with van der Waals surface area (Å²) in [6.45, 7) is 0.786. The number of nitrogens with one attached hydrogen (secondary N) is 1. The fourth-order valence-electron chi connectivity index (χ4n) is 3.90. The van der Waals surface area contributed by atoms with Gasteiger partial charge in [-0.2, -0.15) is 0 Å². The lowest BCUT2D eigenvalue weighted by molar-refractivity contribution is -0.0863. The largest absolute Gasteiger partial charge is 0.504 e. The molecule has 1 aromatic carbocycles. The highest BCUT2D eigenvalue weighted by atomic mass is 35.5. The quantitative estimate of drug-likeness (QED) is 0.785. The van der Waals surface area contributed by atoms with Crippen LogP contribution in [0.1, 0.15) is 43.7 Å². The molecule has 3 unspecified atom stereocenters. The van der Waals surface area contributed by atoms with Crippen molar-refractivity contribution >= 4 is 12.4 Å². The smallest absolute Gasteiger partial charge is 0.162 e. The second-order valence-corrected chi connectivity index (χ2v) is 6.04. The molecule has 4 nitrogen and oxygen atoms in total. The predicted octanol–water partition coefficient (Wildman–Crippen LogP) is 2.78. The number of fused-ring (bicyclic) bond motifs is 1. The maximum absolute atomic E-state index is 10.9. The second kappa shape index (κ2) is 6.42. The monoisotopic (exact) mass is 313 g/mol. The number of para-hydroxylation sites is 1. The number of methoxy groups -OCH3 is 1. The van der Waals surface area contributed by atoms with Crippen LogP contribution >= 0.6 is 12.4 Å². The Kier molecular flexibility index (Phi) is 5.02. The molecule has 3 N–H and O–H groups in total. The Morgan fingerprint density at radius 3 is 2.86 bits per heavy atom. The molecule has 1 heterocycles. The molecule has 1 aliphatic carbocycles. The lowest BCUT2D eigenvalue weighted by Gasteiger charge is -2.48. The van der Waals surface area contributed by atoms with Crippen LogP contribution in [0, 0.1) is 5.92 Å². The Balaban J connectivity index is 0.00000161. The molecule has 0 aromatic heterocycles. The van der Waals surface area contributed by atoms with Crippen molar-refractivity contribution in [2.24, 2.45) is 5.92 Å². The van der Waals surface area contributed by atoms with Crippen LogP contribution in [-0.2, 0) is 0 Å². The maximum Gasteiger partial charge on any atom is 0.162 e. The number of piperidine rings is 1. The van der Waals surface area contributed by atoms with Crippen molar-refractivity contribution < 1.29 is 14.9 Å². The van der Waals surface area contributed by atoms with E-state index >= 15 is 0 Å². The van der Waals surface area contributed by atoms with E-state index in [-0.39, 0.29) is 30.1 Å². The van der Waals surface area contributed by atoms with Gasteiger partial charge >= 0.3 is 0 Å². The summed E-state index contributed by atoms with van der Waals surface area (Å²) in [6, 6.07) is 5.58. The molecular formula is C16H24ClNO3. The Bertz CT molecular complexity index is 492. The molecule has 0 radical (unpaired) electrons. The highest BCUT2D eigenvalue weighted by Crippen LogP contribution is 2.48. The third kappa shape index (κ3) is 2.85. The molecule has 3 rings (SSSR count). The first-order valence-electron chi connectivity index (χ1n) is 7.47. The molecule has 2 fully saturated rings. The lowest BCUT2D eigenvalue weighted by atomic mass is 9.66. The molecule has 1 aromatic rings. The topological polar surface area (TPSA) is 61.7 Å². The van der Waals surface area contributed by atoms with Gasteiger partial charge in [0, 0.05) is 17.5 Å². The van der Waals surface area contributed by atoms with Crippen LogP contribution in [0.4, 0.5) is 0 Å². The van der Waals surface area contributed by atoms with E-state index in [1.165, 1.54) is 0 Å². The van der Waals surface area contributed by atoms with Crippen molar-refractivity contribution in [3.05, 3.63) is 23.8 Å². The first kappa shape index (κ1) is 16.4. The van der Waals surface area contributed by atoms with Crippen molar-refractivity contribution in [3.8, 4) is 11.5 Å². The minimum absolute atomic E-state index is 0. The highest BCUT2D eigenvalue weighted by Gasteiger charge is 2.46. The lowest BCUT2D eigenvalue weighted by Crippen LogP contribution is -2.53. The molecule has 0 bridgehead atoms. The van der Waals surface area contributed by atoms with Gasteiger partial charge in [0.25, 0.3) is 0 Å². The van der Waals surface area contributed by atoms with Gasteiger partial charge in [-0.15, -0.1) is 12.4 Å². The van der Waals surface area contributed by atoms with Crippen LogP contribution in [0.25, 0.3) is 0 Å². The molecule has 1 saturated heterocycles. The van der Waals surface area contributed by atoms with Crippen molar-refractivity contribution in [2.45, 2.75) is 43.7 Å². The van der Waals surface area contributed by atoms with Gasteiger partial charge < -0.3 is 20.3 Å². The van der Waals surface area contributed by atoms with Gasteiger partial charge in [-0.3, -0.25) is 0 Å². The third-order valence-electron chi connectivity index (χ3n) is 4.97.